The van der Waals surface area contributed by atoms with Gasteiger partial charge in [0.15, 0.2) is 0 Å². The quantitative estimate of drug-likeness (QED) is 0.836. The molecule has 26 heavy (non-hydrogen) atoms. The van der Waals surface area contributed by atoms with Crippen LogP contribution in [-0.2, 0) is 20.4 Å². The van der Waals surface area contributed by atoms with Gasteiger partial charge in [0, 0.05) is 43.9 Å². The van der Waals surface area contributed by atoms with Gasteiger partial charge < -0.3 is 9.84 Å². The number of nitrogens with zero attached hydrogens (tertiary/aromatic N) is 1. The molecule has 3 rings (SSSR count). The number of aromatic nitrogens is 1. The predicted molar refractivity (Wildman–Crippen MR) is 100 cm³/mol. The fourth-order valence-electron chi connectivity index (χ4n) is 3.16. The zero-order valence-electron chi connectivity index (χ0n) is 15.0. The van der Waals surface area contributed by atoms with Crippen LogP contribution in [0, 0.1) is 0 Å². The summed E-state index contributed by atoms with van der Waals surface area (Å²) in [5, 5.41) is 10.7. The van der Waals surface area contributed by atoms with Crippen molar-refractivity contribution in [3.05, 3.63) is 53.9 Å². The van der Waals surface area contributed by atoms with Crippen molar-refractivity contribution in [2.45, 2.75) is 31.4 Å². The van der Waals surface area contributed by atoms with Gasteiger partial charge in [-0.25, -0.2) is 13.1 Å². The van der Waals surface area contributed by atoms with E-state index in [-0.39, 0.29) is 6.04 Å². The number of pyridine rings is 1. The monoisotopic (exact) mass is 376 g/mol. The van der Waals surface area contributed by atoms with E-state index in [0.717, 1.165) is 22.9 Å². The number of sulfonamides is 1. The van der Waals surface area contributed by atoms with Crippen molar-refractivity contribution in [3.8, 4) is 11.1 Å². The molecule has 1 aromatic carbocycles. The van der Waals surface area contributed by atoms with Gasteiger partial charge in [-0.15, -0.1) is 0 Å². The predicted octanol–water partition coefficient (Wildman–Crippen LogP) is 2.36. The van der Waals surface area contributed by atoms with Gasteiger partial charge in [-0.3, -0.25) is 4.98 Å². The molecular weight excluding hydrogens is 352 g/mol. The number of aliphatic hydroxyl groups is 1. The molecule has 0 spiro atoms. The lowest BCUT2D eigenvalue weighted by atomic mass is 9.90. The molecule has 1 aromatic heterocycles. The molecule has 0 aliphatic carbocycles. The third-order valence-corrected chi connectivity index (χ3v) is 5.48. The van der Waals surface area contributed by atoms with Gasteiger partial charge in [0.2, 0.25) is 10.0 Å². The average Bonchev–Trinajstić information content (AvgIpc) is 2.61. The minimum atomic E-state index is -3.25. The summed E-state index contributed by atoms with van der Waals surface area (Å²) in [6, 6.07) is 11.2. The van der Waals surface area contributed by atoms with Crippen molar-refractivity contribution in [2.24, 2.45) is 0 Å². The minimum absolute atomic E-state index is 0.290. The second-order valence-corrected chi connectivity index (χ2v) is 8.59. The van der Waals surface area contributed by atoms with E-state index >= 15 is 0 Å². The van der Waals surface area contributed by atoms with Crippen LogP contribution in [0.3, 0.4) is 0 Å². The molecule has 2 aromatic rings. The normalized spacial score (nSPS) is 18.4. The lowest BCUT2D eigenvalue weighted by Gasteiger charge is -2.31. The molecule has 0 saturated carbocycles. The first-order chi connectivity index (χ1) is 12.3. The lowest BCUT2D eigenvalue weighted by Crippen LogP contribution is -2.34. The van der Waals surface area contributed by atoms with Crippen LogP contribution in [0.5, 0.6) is 0 Å². The number of nitrogens with one attached hydrogen (secondary N) is 1. The Balaban J connectivity index is 1.75. The van der Waals surface area contributed by atoms with E-state index in [9.17, 15) is 13.5 Å². The Morgan fingerprint density at radius 3 is 2.27 bits per heavy atom. The summed E-state index contributed by atoms with van der Waals surface area (Å²) in [7, 11) is -3.25. The number of hydrogen-bond donors (Lipinski definition) is 2. The van der Waals surface area contributed by atoms with Gasteiger partial charge in [-0.05, 0) is 24.1 Å². The van der Waals surface area contributed by atoms with E-state index in [1.165, 1.54) is 0 Å². The SMILES string of the molecule is C[C@H](NS(C)(=O)=O)c1ccc(-c2ccc(C3(O)CCOCC3)nc2)cc1. The maximum Gasteiger partial charge on any atom is 0.209 e. The highest BCUT2D eigenvalue weighted by molar-refractivity contribution is 7.88. The molecule has 0 amide bonds. The molecule has 1 saturated heterocycles. The molecule has 1 aliphatic heterocycles. The summed E-state index contributed by atoms with van der Waals surface area (Å²) in [5.41, 5.74) is 2.58. The Morgan fingerprint density at radius 1 is 1.12 bits per heavy atom. The molecule has 1 fully saturated rings. The van der Waals surface area contributed by atoms with E-state index in [1.54, 1.807) is 13.1 Å². The molecule has 1 atom stereocenters. The molecular formula is C19H24N2O4S. The minimum Gasteiger partial charge on any atom is -0.383 e. The molecule has 2 N–H and O–H groups in total. The van der Waals surface area contributed by atoms with E-state index in [2.05, 4.69) is 9.71 Å². The Hall–Kier alpha value is -1.80. The zero-order chi connectivity index (χ0) is 18.8. The molecule has 7 heteroatoms. The maximum absolute atomic E-state index is 11.3. The van der Waals surface area contributed by atoms with Gasteiger partial charge in [0.25, 0.3) is 0 Å². The summed E-state index contributed by atoms with van der Waals surface area (Å²) in [4.78, 5) is 4.46. The first-order valence-corrected chi connectivity index (χ1v) is 10.5. The van der Waals surface area contributed by atoms with Crippen molar-refractivity contribution in [1.29, 1.82) is 0 Å². The summed E-state index contributed by atoms with van der Waals surface area (Å²) in [5.74, 6) is 0. The van der Waals surface area contributed by atoms with Gasteiger partial charge in [0.1, 0.15) is 5.60 Å². The number of rotatable bonds is 5. The number of benzene rings is 1. The third-order valence-electron chi connectivity index (χ3n) is 4.70. The van der Waals surface area contributed by atoms with Crippen LogP contribution in [0.4, 0.5) is 0 Å². The van der Waals surface area contributed by atoms with Crippen molar-refractivity contribution >= 4 is 10.0 Å². The summed E-state index contributed by atoms with van der Waals surface area (Å²) in [6.45, 7) is 2.89. The number of ether oxygens (including phenoxy) is 1. The van der Waals surface area contributed by atoms with Gasteiger partial charge in [0.05, 0.1) is 11.9 Å². The van der Waals surface area contributed by atoms with Crippen LogP contribution in [0.1, 0.15) is 37.1 Å². The molecule has 140 valence electrons. The van der Waals surface area contributed by atoms with Crippen molar-refractivity contribution in [1.82, 2.24) is 9.71 Å². The first kappa shape index (κ1) is 19.0. The van der Waals surface area contributed by atoms with Crippen LogP contribution >= 0.6 is 0 Å². The zero-order valence-corrected chi connectivity index (χ0v) is 15.8. The number of hydrogen-bond acceptors (Lipinski definition) is 5. The Morgan fingerprint density at radius 2 is 1.73 bits per heavy atom. The first-order valence-electron chi connectivity index (χ1n) is 8.61. The third kappa shape index (κ3) is 4.48. The highest BCUT2D eigenvalue weighted by Gasteiger charge is 2.33. The largest absolute Gasteiger partial charge is 0.383 e. The molecule has 2 heterocycles. The van der Waals surface area contributed by atoms with Crippen LogP contribution in [0.15, 0.2) is 42.6 Å². The van der Waals surface area contributed by atoms with Gasteiger partial charge in [-0.2, -0.15) is 0 Å². The van der Waals surface area contributed by atoms with Crippen LogP contribution in [0.2, 0.25) is 0 Å². The molecule has 0 radical (unpaired) electrons. The topological polar surface area (TPSA) is 88.5 Å². The standard InChI is InChI=1S/C19H24N2O4S/c1-14(21-26(2,23)24)15-3-5-16(6-4-15)17-7-8-18(20-13-17)19(22)9-11-25-12-10-19/h3-8,13-14,21-22H,9-12H2,1-2H3/t14-/m0/s1. The van der Waals surface area contributed by atoms with Crippen molar-refractivity contribution < 1.29 is 18.3 Å². The van der Waals surface area contributed by atoms with Gasteiger partial charge in [-0.1, -0.05) is 30.3 Å². The fraction of sp³-hybridized carbons (Fsp3) is 0.421. The van der Waals surface area contributed by atoms with E-state index in [1.807, 2.05) is 36.4 Å². The fourth-order valence-corrected chi connectivity index (χ4v) is 3.94. The molecule has 0 unspecified atom stereocenters. The Kier molecular flexibility index (Phi) is 5.43. The summed E-state index contributed by atoms with van der Waals surface area (Å²) < 4.78 is 30.6. The summed E-state index contributed by atoms with van der Waals surface area (Å²) >= 11 is 0. The van der Waals surface area contributed by atoms with E-state index in [0.29, 0.717) is 31.7 Å². The molecule has 6 nitrogen and oxygen atoms in total. The Labute approximate surface area is 154 Å². The Bertz CT molecular complexity index is 842. The second-order valence-electron chi connectivity index (χ2n) is 6.81. The smallest absolute Gasteiger partial charge is 0.209 e. The van der Waals surface area contributed by atoms with Crippen LogP contribution in [-0.4, -0.2) is 38.0 Å². The molecule has 1 aliphatic rings. The van der Waals surface area contributed by atoms with E-state index in [4.69, 9.17) is 4.74 Å². The van der Waals surface area contributed by atoms with Crippen molar-refractivity contribution in [2.75, 3.05) is 19.5 Å². The summed E-state index contributed by atoms with van der Waals surface area (Å²) in [6.07, 6.45) is 4.02. The average molecular weight is 376 g/mol. The second kappa shape index (κ2) is 7.44. The maximum atomic E-state index is 11.3. The highest BCUT2D eigenvalue weighted by Crippen LogP contribution is 2.31. The van der Waals surface area contributed by atoms with Crippen LogP contribution < -0.4 is 4.72 Å². The molecule has 0 bridgehead atoms. The van der Waals surface area contributed by atoms with E-state index < -0.39 is 15.6 Å². The van der Waals surface area contributed by atoms with Crippen molar-refractivity contribution in [3.63, 3.8) is 0 Å². The van der Waals surface area contributed by atoms with Crippen LogP contribution in [0.25, 0.3) is 11.1 Å². The highest BCUT2D eigenvalue weighted by atomic mass is 32.2. The van der Waals surface area contributed by atoms with Gasteiger partial charge >= 0.3 is 0 Å². The lowest BCUT2D eigenvalue weighted by molar-refractivity contribution is -0.0705.